The van der Waals surface area contributed by atoms with Gasteiger partial charge in [0.2, 0.25) is 5.91 Å². The number of aromatic nitrogens is 3. The van der Waals surface area contributed by atoms with Crippen LogP contribution in [0.25, 0.3) is 0 Å². The molecular weight excluding hydrogens is 348 g/mol. The van der Waals surface area contributed by atoms with Crippen molar-refractivity contribution >= 4 is 11.6 Å². The number of aryl methyl sites for hydroxylation is 2. The summed E-state index contributed by atoms with van der Waals surface area (Å²) in [7, 11) is 0. The maximum atomic E-state index is 12.3. The Morgan fingerprint density at radius 3 is 2.89 bits per heavy atom. The van der Waals surface area contributed by atoms with E-state index in [0.29, 0.717) is 24.6 Å². The average Bonchev–Trinajstić information content (AvgIpc) is 3.22. The molecule has 140 valence electrons. The monoisotopic (exact) mass is 368 g/mol. The minimum absolute atomic E-state index is 0.143. The van der Waals surface area contributed by atoms with Crippen LogP contribution in [0.15, 0.2) is 41.2 Å². The van der Waals surface area contributed by atoms with Gasteiger partial charge in [0.15, 0.2) is 17.6 Å². The van der Waals surface area contributed by atoms with Gasteiger partial charge in [-0.1, -0.05) is 17.3 Å². The molecule has 2 aromatic heterocycles. The highest BCUT2D eigenvalue weighted by molar-refractivity contribution is 5.92. The van der Waals surface area contributed by atoms with Gasteiger partial charge in [-0.3, -0.25) is 9.48 Å². The van der Waals surface area contributed by atoms with Crippen molar-refractivity contribution in [3.05, 3.63) is 53.7 Å². The zero-order valence-corrected chi connectivity index (χ0v) is 15.1. The number of nitrogens with one attached hydrogen (secondary N) is 1. The lowest BCUT2D eigenvalue weighted by Gasteiger charge is -2.26. The van der Waals surface area contributed by atoms with E-state index in [9.17, 15) is 4.79 Å². The van der Waals surface area contributed by atoms with Gasteiger partial charge < -0.3 is 19.3 Å². The molecule has 0 fully saturated rings. The fourth-order valence-corrected chi connectivity index (χ4v) is 3.01. The van der Waals surface area contributed by atoms with Crippen molar-refractivity contribution in [2.75, 3.05) is 11.9 Å². The molecule has 1 unspecified atom stereocenters. The third-order valence-electron chi connectivity index (χ3n) is 4.39. The molecule has 27 heavy (non-hydrogen) atoms. The first kappa shape index (κ1) is 17.1. The molecule has 1 amide bonds. The van der Waals surface area contributed by atoms with Crippen LogP contribution >= 0.6 is 0 Å². The van der Waals surface area contributed by atoms with Gasteiger partial charge in [0, 0.05) is 11.8 Å². The minimum atomic E-state index is -0.148. The standard InChI is InChI=1S/C19H20N4O4/c1-12-16(13(2)27-22-12)7-19(24)21-14-8-20-23(9-14)10-15-11-25-17-5-3-4-6-18(17)26-15/h3-6,8-9,15H,7,10-11H2,1-2H3,(H,21,24). The first-order valence-corrected chi connectivity index (χ1v) is 8.71. The molecule has 1 N–H and O–H groups in total. The molecule has 0 radical (unpaired) electrons. The summed E-state index contributed by atoms with van der Waals surface area (Å²) >= 11 is 0. The molecule has 4 rings (SSSR count). The summed E-state index contributed by atoms with van der Waals surface area (Å²) in [5.74, 6) is 2.00. The zero-order chi connectivity index (χ0) is 18.8. The molecule has 1 aliphatic rings. The SMILES string of the molecule is Cc1noc(C)c1CC(=O)Nc1cnn(CC2COc3ccccc3O2)c1. The van der Waals surface area contributed by atoms with Gasteiger partial charge >= 0.3 is 0 Å². The summed E-state index contributed by atoms with van der Waals surface area (Å²) in [6.07, 6.45) is 3.45. The van der Waals surface area contributed by atoms with Crippen LogP contribution in [0, 0.1) is 13.8 Å². The van der Waals surface area contributed by atoms with Gasteiger partial charge in [-0.2, -0.15) is 5.10 Å². The van der Waals surface area contributed by atoms with Gasteiger partial charge in [0.1, 0.15) is 12.4 Å². The van der Waals surface area contributed by atoms with E-state index in [4.69, 9.17) is 14.0 Å². The van der Waals surface area contributed by atoms with Crippen molar-refractivity contribution in [3.8, 4) is 11.5 Å². The zero-order valence-electron chi connectivity index (χ0n) is 15.1. The van der Waals surface area contributed by atoms with Gasteiger partial charge in [-0.15, -0.1) is 0 Å². The maximum absolute atomic E-state index is 12.3. The van der Waals surface area contributed by atoms with E-state index in [-0.39, 0.29) is 18.4 Å². The highest BCUT2D eigenvalue weighted by atomic mass is 16.6. The van der Waals surface area contributed by atoms with E-state index in [1.807, 2.05) is 31.2 Å². The number of carbonyl (C=O) groups excluding carboxylic acids is 1. The summed E-state index contributed by atoms with van der Waals surface area (Å²) in [5, 5.41) is 11.0. The van der Waals surface area contributed by atoms with Gasteiger partial charge in [-0.25, -0.2) is 0 Å². The molecule has 3 heterocycles. The van der Waals surface area contributed by atoms with Crippen LogP contribution in [0.1, 0.15) is 17.0 Å². The van der Waals surface area contributed by atoms with Crippen LogP contribution in [-0.4, -0.2) is 33.6 Å². The number of rotatable bonds is 5. The second kappa shape index (κ2) is 7.14. The van der Waals surface area contributed by atoms with Crippen LogP contribution in [0.4, 0.5) is 5.69 Å². The highest BCUT2D eigenvalue weighted by Crippen LogP contribution is 2.31. The van der Waals surface area contributed by atoms with E-state index in [2.05, 4.69) is 15.6 Å². The number of ether oxygens (including phenoxy) is 2. The first-order chi connectivity index (χ1) is 13.1. The number of nitrogens with zero attached hydrogens (tertiary/aromatic N) is 3. The van der Waals surface area contributed by atoms with Crippen molar-refractivity contribution in [1.29, 1.82) is 0 Å². The Balaban J connectivity index is 1.34. The molecule has 1 aliphatic heterocycles. The van der Waals surface area contributed by atoms with Crippen molar-refractivity contribution < 1.29 is 18.8 Å². The van der Waals surface area contributed by atoms with E-state index < -0.39 is 0 Å². The smallest absolute Gasteiger partial charge is 0.229 e. The Labute approximate surface area is 156 Å². The average molecular weight is 368 g/mol. The van der Waals surface area contributed by atoms with Gasteiger partial charge in [-0.05, 0) is 26.0 Å². The van der Waals surface area contributed by atoms with Crippen LogP contribution in [0.3, 0.4) is 0 Å². The third kappa shape index (κ3) is 3.79. The van der Waals surface area contributed by atoms with Crippen LogP contribution in [-0.2, 0) is 17.8 Å². The Morgan fingerprint density at radius 1 is 1.30 bits per heavy atom. The van der Waals surface area contributed by atoms with E-state index >= 15 is 0 Å². The fraction of sp³-hybridized carbons (Fsp3) is 0.316. The van der Waals surface area contributed by atoms with Crippen molar-refractivity contribution in [2.45, 2.75) is 32.9 Å². The van der Waals surface area contributed by atoms with E-state index in [1.54, 1.807) is 24.0 Å². The van der Waals surface area contributed by atoms with Gasteiger partial charge in [0.25, 0.3) is 0 Å². The minimum Gasteiger partial charge on any atom is -0.486 e. The molecule has 3 aromatic rings. The molecule has 1 atom stereocenters. The second-order valence-corrected chi connectivity index (χ2v) is 6.48. The van der Waals surface area contributed by atoms with E-state index in [0.717, 1.165) is 22.8 Å². The predicted octanol–water partition coefficient (Wildman–Crippen LogP) is 2.51. The molecule has 0 bridgehead atoms. The molecule has 0 aliphatic carbocycles. The number of hydrogen-bond acceptors (Lipinski definition) is 6. The largest absolute Gasteiger partial charge is 0.486 e. The molecule has 1 aromatic carbocycles. The van der Waals surface area contributed by atoms with Crippen molar-refractivity contribution in [3.63, 3.8) is 0 Å². The summed E-state index contributed by atoms with van der Waals surface area (Å²) in [6.45, 7) is 4.59. The van der Waals surface area contributed by atoms with Gasteiger partial charge in [0.05, 0.1) is 30.5 Å². The molecular formula is C19H20N4O4. The molecule has 0 spiro atoms. The Kier molecular flexibility index (Phi) is 4.53. The number of carbonyl (C=O) groups is 1. The third-order valence-corrected chi connectivity index (χ3v) is 4.39. The number of para-hydroxylation sites is 2. The summed E-state index contributed by atoms with van der Waals surface area (Å²) < 4.78 is 18.5. The summed E-state index contributed by atoms with van der Waals surface area (Å²) in [4.78, 5) is 12.3. The molecule has 0 saturated heterocycles. The van der Waals surface area contributed by atoms with Crippen LogP contribution < -0.4 is 14.8 Å². The predicted molar refractivity (Wildman–Crippen MR) is 96.9 cm³/mol. The molecule has 0 saturated carbocycles. The lowest BCUT2D eigenvalue weighted by atomic mass is 10.1. The second-order valence-electron chi connectivity index (χ2n) is 6.48. The van der Waals surface area contributed by atoms with Crippen molar-refractivity contribution in [2.24, 2.45) is 0 Å². The summed E-state index contributed by atoms with van der Waals surface area (Å²) in [5.41, 5.74) is 2.17. The fourth-order valence-electron chi connectivity index (χ4n) is 3.01. The number of hydrogen-bond donors (Lipinski definition) is 1. The normalized spacial score (nSPS) is 15.6. The highest BCUT2D eigenvalue weighted by Gasteiger charge is 2.21. The Hall–Kier alpha value is -3.29. The summed E-state index contributed by atoms with van der Waals surface area (Å²) in [6, 6.07) is 7.58. The number of anilines is 1. The van der Waals surface area contributed by atoms with Crippen LogP contribution in [0.2, 0.25) is 0 Å². The molecule has 8 nitrogen and oxygen atoms in total. The van der Waals surface area contributed by atoms with Crippen LogP contribution in [0.5, 0.6) is 11.5 Å². The number of benzene rings is 1. The Bertz CT molecular complexity index is 943. The van der Waals surface area contributed by atoms with E-state index in [1.165, 1.54) is 0 Å². The maximum Gasteiger partial charge on any atom is 0.229 e. The number of fused-ring (bicyclic) bond motifs is 1. The quantitative estimate of drug-likeness (QED) is 0.744. The lowest BCUT2D eigenvalue weighted by molar-refractivity contribution is -0.115. The Morgan fingerprint density at radius 2 is 2.11 bits per heavy atom. The first-order valence-electron chi connectivity index (χ1n) is 8.71. The van der Waals surface area contributed by atoms with Crippen molar-refractivity contribution in [1.82, 2.24) is 14.9 Å². The topological polar surface area (TPSA) is 91.4 Å². The number of amides is 1. The molecule has 8 heteroatoms. The lowest BCUT2D eigenvalue weighted by Crippen LogP contribution is -2.33.